The monoisotopic (exact) mass is 292 g/mol. The third-order valence-electron chi connectivity index (χ3n) is 3.13. The second kappa shape index (κ2) is 5.67. The van der Waals surface area contributed by atoms with Crippen LogP contribution in [0.5, 0.6) is 5.75 Å². The van der Waals surface area contributed by atoms with Crippen LogP contribution in [0.3, 0.4) is 0 Å². The highest BCUT2D eigenvalue weighted by atomic mass is 35.5. The molecule has 0 spiro atoms. The third-order valence-corrected chi connectivity index (χ3v) is 3.37. The number of nitrogens with zero attached hydrogens (tertiary/aromatic N) is 1. The summed E-state index contributed by atoms with van der Waals surface area (Å²) < 4.78 is 5.34. The molecule has 0 fully saturated rings. The molecule has 1 aromatic heterocycles. The Kier molecular flexibility index (Phi) is 4.14. The number of benzene rings is 1. The van der Waals surface area contributed by atoms with E-state index in [2.05, 4.69) is 9.97 Å². The zero-order chi connectivity index (χ0) is 14.9. The maximum Gasteiger partial charge on any atom is 0.254 e. The first kappa shape index (κ1) is 14.6. The van der Waals surface area contributed by atoms with E-state index in [1.807, 2.05) is 13.8 Å². The number of ether oxygens (including phenoxy) is 1. The van der Waals surface area contributed by atoms with Gasteiger partial charge in [0, 0.05) is 22.1 Å². The van der Waals surface area contributed by atoms with Crippen molar-refractivity contribution >= 4 is 11.6 Å². The van der Waals surface area contributed by atoms with Gasteiger partial charge in [0.15, 0.2) is 0 Å². The highest BCUT2D eigenvalue weighted by Gasteiger charge is 2.15. The zero-order valence-electron chi connectivity index (χ0n) is 12.0. The minimum atomic E-state index is -0.138. The van der Waals surface area contributed by atoms with E-state index in [4.69, 9.17) is 16.3 Å². The first-order valence-electron chi connectivity index (χ1n) is 6.38. The number of aromatic amines is 1. The Balaban J connectivity index is 2.75. The van der Waals surface area contributed by atoms with Crippen LogP contribution in [0.25, 0.3) is 11.3 Å². The van der Waals surface area contributed by atoms with Crippen molar-refractivity contribution in [2.24, 2.45) is 0 Å². The Morgan fingerprint density at radius 3 is 2.65 bits per heavy atom. The number of rotatable bonds is 3. The molecular weight excluding hydrogens is 276 g/mol. The molecule has 5 heteroatoms. The minimum Gasteiger partial charge on any atom is -0.496 e. The molecule has 0 atom stereocenters. The Bertz CT molecular complexity index is 693. The SMILES string of the molecule is COc1ccc(Cl)cc1-c1nc(C(C)C)[nH]c(=O)c1C. The fourth-order valence-electron chi connectivity index (χ4n) is 1.95. The molecule has 0 saturated heterocycles. The van der Waals surface area contributed by atoms with Gasteiger partial charge in [-0.15, -0.1) is 0 Å². The molecule has 106 valence electrons. The van der Waals surface area contributed by atoms with Crippen LogP contribution >= 0.6 is 11.6 Å². The summed E-state index contributed by atoms with van der Waals surface area (Å²) in [6, 6.07) is 5.28. The standard InChI is InChI=1S/C15H17ClN2O2/c1-8(2)14-17-13(9(3)15(19)18-14)11-7-10(16)5-6-12(11)20-4/h5-8H,1-4H3,(H,17,18,19). The van der Waals surface area contributed by atoms with Gasteiger partial charge < -0.3 is 9.72 Å². The average Bonchev–Trinajstić information content (AvgIpc) is 2.41. The normalized spacial score (nSPS) is 10.9. The van der Waals surface area contributed by atoms with E-state index in [0.29, 0.717) is 27.9 Å². The smallest absolute Gasteiger partial charge is 0.254 e. The van der Waals surface area contributed by atoms with E-state index in [1.54, 1.807) is 32.2 Å². The molecule has 0 aliphatic carbocycles. The number of nitrogens with one attached hydrogen (secondary N) is 1. The molecule has 4 nitrogen and oxygen atoms in total. The van der Waals surface area contributed by atoms with Crippen LogP contribution in [-0.2, 0) is 0 Å². The molecule has 0 aliphatic rings. The van der Waals surface area contributed by atoms with Crippen LogP contribution in [0.15, 0.2) is 23.0 Å². The van der Waals surface area contributed by atoms with Gasteiger partial charge in [-0.1, -0.05) is 25.4 Å². The van der Waals surface area contributed by atoms with Gasteiger partial charge in [0.05, 0.1) is 12.8 Å². The predicted octanol–water partition coefficient (Wildman–Crippen LogP) is 3.53. The van der Waals surface area contributed by atoms with E-state index >= 15 is 0 Å². The van der Waals surface area contributed by atoms with Crippen molar-refractivity contribution in [3.63, 3.8) is 0 Å². The van der Waals surface area contributed by atoms with Crippen molar-refractivity contribution in [1.29, 1.82) is 0 Å². The van der Waals surface area contributed by atoms with Gasteiger partial charge in [-0.05, 0) is 25.1 Å². The summed E-state index contributed by atoms with van der Waals surface area (Å²) >= 11 is 6.05. The molecule has 1 heterocycles. The Labute approximate surface area is 122 Å². The summed E-state index contributed by atoms with van der Waals surface area (Å²) in [6.07, 6.45) is 0. The highest BCUT2D eigenvalue weighted by molar-refractivity contribution is 6.31. The van der Waals surface area contributed by atoms with Crippen LogP contribution in [0, 0.1) is 6.92 Å². The molecule has 0 unspecified atom stereocenters. The average molecular weight is 293 g/mol. The van der Waals surface area contributed by atoms with E-state index in [-0.39, 0.29) is 11.5 Å². The van der Waals surface area contributed by atoms with Crippen molar-refractivity contribution in [2.75, 3.05) is 7.11 Å². The van der Waals surface area contributed by atoms with Crippen molar-refractivity contribution < 1.29 is 4.74 Å². The second-order valence-electron chi connectivity index (χ2n) is 4.92. The van der Waals surface area contributed by atoms with Gasteiger partial charge in [-0.2, -0.15) is 0 Å². The summed E-state index contributed by atoms with van der Waals surface area (Å²) in [7, 11) is 1.58. The minimum absolute atomic E-state index is 0.132. The first-order valence-corrected chi connectivity index (χ1v) is 6.76. The lowest BCUT2D eigenvalue weighted by molar-refractivity contribution is 0.416. The number of hydrogen-bond donors (Lipinski definition) is 1. The van der Waals surface area contributed by atoms with E-state index < -0.39 is 0 Å². The van der Waals surface area contributed by atoms with Gasteiger partial charge in [0.2, 0.25) is 0 Å². The quantitative estimate of drug-likeness (QED) is 0.941. The molecule has 0 bridgehead atoms. The molecular formula is C15H17ClN2O2. The molecule has 0 saturated carbocycles. The number of H-pyrrole nitrogens is 1. The third kappa shape index (κ3) is 2.70. The lowest BCUT2D eigenvalue weighted by Crippen LogP contribution is -2.17. The molecule has 2 aromatic rings. The number of hydrogen-bond acceptors (Lipinski definition) is 3. The fourth-order valence-corrected chi connectivity index (χ4v) is 2.12. The largest absolute Gasteiger partial charge is 0.496 e. The maximum atomic E-state index is 12.1. The Morgan fingerprint density at radius 1 is 1.35 bits per heavy atom. The summed E-state index contributed by atoms with van der Waals surface area (Å²) in [5, 5.41) is 0.577. The number of methoxy groups -OCH3 is 1. The molecule has 1 N–H and O–H groups in total. The van der Waals surface area contributed by atoms with E-state index in [1.165, 1.54) is 0 Å². The lowest BCUT2D eigenvalue weighted by Gasteiger charge is -2.13. The number of aromatic nitrogens is 2. The predicted molar refractivity (Wildman–Crippen MR) is 80.7 cm³/mol. The summed E-state index contributed by atoms with van der Waals surface area (Å²) in [5.41, 5.74) is 1.75. The van der Waals surface area contributed by atoms with Crippen molar-refractivity contribution in [2.45, 2.75) is 26.7 Å². The first-order chi connectivity index (χ1) is 9.43. The molecule has 1 aromatic carbocycles. The fraction of sp³-hybridized carbons (Fsp3) is 0.333. The molecule has 20 heavy (non-hydrogen) atoms. The van der Waals surface area contributed by atoms with Gasteiger partial charge in [-0.3, -0.25) is 4.79 Å². The van der Waals surface area contributed by atoms with Crippen molar-refractivity contribution in [3.05, 3.63) is 45.0 Å². The topological polar surface area (TPSA) is 55.0 Å². The van der Waals surface area contributed by atoms with Crippen LogP contribution in [-0.4, -0.2) is 17.1 Å². The van der Waals surface area contributed by atoms with Gasteiger partial charge in [0.25, 0.3) is 5.56 Å². The summed E-state index contributed by atoms with van der Waals surface area (Å²) in [6.45, 7) is 5.70. The number of halogens is 1. The molecule has 2 rings (SSSR count). The van der Waals surface area contributed by atoms with Crippen LogP contribution < -0.4 is 10.3 Å². The van der Waals surface area contributed by atoms with Crippen LogP contribution in [0.2, 0.25) is 5.02 Å². The van der Waals surface area contributed by atoms with E-state index in [9.17, 15) is 4.79 Å². The summed E-state index contributed by atoms with van der Waals surface area (Å²) in [4.78, 5) is 19.4. The van der Waals surface area contributed by atoms with Gasteiger partial charge >= 0.3 is 0 Å². The highest BCUT2D eigenvalue weighted by Crippen LogP contribution is 2.32. The van der Waals surface area contributed by atoms with Gasteiger partial charge in [-0.25, -0.2) is 4.98 Å². The summed E-state index contributed by atoms with van der Waals surface area (Å²) in [5.74, 6) is 1.43. The van der Waals surface area contributed by atoms with E-state index in [0.717, 1.165) is 5.56 Å². The second-order valence-corrected chi connectivity index (χ2v) is 5.36. The van der Waals surface area contributed by atoms with Crippen molar-refractivity contribution in [3.8, 4) is 17.0 Å². The van der Waals surface area contributed by atoms with Crippen LogP contribution in [0.4, 0.5) is 0 Å². The molecule has 0 amide bonds. The van der Waals surface area contributed by atoms with Crippen molar-refractivity contribution in [1.82, 2.24) is 9.97 Å². The Morgan fingerprint density at radius 2 is 2.05 bits per heavy atom. The lowest BCUT2D eigenvalue weighted by atomic mass is 10.1. The molecule has 0 radical (unpaired) electrons. The maximum absolute atomic E-state index is 12.1. The zero-order valence-corrected chi connectivity index (χ0v) is 12.7. The van der Waals surface area contributed by atoms with Gasteiger partial charge in [0.1, 0.15) is 11.6 Å². The Hall–Kier alpha value is -1.81. The van der Waals surface area contributed by atoms with Crippen LogP contribution in [0.1, 0.15) is 31.2 Å². The molecule has 0 aliphatic heterocycles.